The van der Waals surface area contributed by atoms with Gasteiger partial charge in [-0.05, 0) is 17.9 Å². The molecule has 0 bridgehead atoms. The first-order valence-corrected chi connectivity index (χ1v) is 8.67. The van der Waals surface area contributed by atoms with Crippen LogP contribution in [0.25, 0.3) is 11.3 Å². The summed E-state index contributed by atoms with van der Waals surface area (Å²) < 4.78 is 13.0. The molecule has 1 fully saturated rings. The lowest BCUT2D eigenvalue weighted by Crippen LogP contribution is -2.41. The minimum absolute atomic E-state index is 0.0225. The first-order valence-electron chi connectivity index (χ1n) is 7.73. The molecule has 2 atom stereocenters. The third-order valence-electron chi connectivity index (χ3n) is 4.27. The molecule has 2 aromatic rings. The van der Waals surface area contributed by atoms with Crippen molar-refractivity contribution in [1.82, 2.24) is 20.3 Å². The lowest BCUT2D eigenvalue weighted by Gasteiger charge is -2.24. The average Bonchev–Trinajstić information content (AvgIpc) is 3.32. The highest BCUT2D eigenvalue weighted by atomic mass is 32.1. The summed E-state index contributed by atoms with van der Waals surface area (Å²) in [6.07, 6.45) is 0.722. The zero-order chi connectivity index (χ0) is 15.6. The largest absolute Gasteiger partial charge is 0.381 e. The molecule has 4 heterocycles. The van der Waals surface area contributed by atoms with E-state index in [1.165, 1.54) is 0 Å². The number of ether oxygens (including phenoxy) is 2. The summed E-state index contributed by atoms with van der Waals surface area (Å²) in [6.45, 7) is 2.75. The summed E-state index contributed by atoms with van der Waals surface area (Å²) in [5.74, 6) is 0.0279. The number of hydrogen-bond donors (Lipinski definition) is 1. The summed E-state index contributed by atoms with van der Waals surface area (Å²) in [4.78, 5) is 12.0. The Balaban J connectivity index is 1.37. The van der Waals surface area contributed by atoms with Gasteiger partial charge in [0.2, 0.25) is 5.91 Å². The van der Waals surface area contributed by atoms with E-state index in [-0.39, 0.29) is 17.9 Å². The molecule has 1 saturated heterocycles. The minimum Gasteiger partial charge on any atom is -0.381 e. The molecule has 122 valence electrons. The summed E-state index contributed by atoms with van der Waals surface area (Å²) >= 11 is 1.64. The molecule has 1 N–H and O–H groups in total. The van der Waals surface area contributed by atoms with Gasteiger partial charge in [-0.2, -0.15) is 11.3 Å². The zero-order valence-corrected chi connectivity index (χ0v) is 13.4. The van der Waals surface area contributed by atoms with Crippen molar-refractivity contribution in [3.05, 3.63) is 22.5 Å². The van der Waals surface area contributed by atoms with Crippen LogP contribution >= 0.6 is 11.3 Å². The molecule has 2 aliphatic rings. The molecule has 2 aromatic heterocycles. The SMILES string of the molecule is O=C(NCC1Cn2nnc(-c3ccsc3)c2CO1)C1CCOC1. The van der Waals surface area contributed by atoms with E-state index < -0.39 is 0 Å². The fourth-order valence-corrected chi connectivity index (χ4v) is 3.55. The Kier molecular flexibility index (Phi) is 4.11. The molecule has 0 aromatic carbocycles. The Morgan fingerprint density at radius 3 is 3.26 bits per heavy atom. The van der Waals surface area contributed by atoms with E-state index in [2.05, 4.69) is 21.0 Å². The normalized spacial score (nSPS) is 23.7. The number of carbonyl (C=O) groups excluding carboxylic acids is 1. The number of fused-ring (bicyclic) bond motifs is 1. The molecule has 7 nitrogen and oxygen atoms in total. The standard InChI is InChI=1S/C15H18N4O3S/c20-15(10-1-3-21-7-10)16-5-12-6-19-13(8-22-12)14(17-18-19)11-2-4-23-9-11/h2,4,9-10,12H,1,3,5-8H2,(H,16,20). The van der Waals surface area contributed by atoms with Crippen LogP contribution in [-0.2, 0) is 27.4 Å². The monoisotopic (exact) mass is 334 g/mol. The Bertz CT molecular complexity index is 679. The quantitative estimate of drug-likeness (QED) is 0.904. The van der Waals surface area contributed by atoms with Crippen LogP contribution in [0.15, 0.2) is 16.8 Å². The van der Waals surface area contributed by atoms with Crippen molar-refractivity contribution in [3.63, 3.8) is 0 Å². The van der Waals surface area contributed by atoms with Gasteiger partial charge in [-0.3, -0.25) is 4.79 Å². The van der Waals surface area contributed by atoms with E-state index in [0.717, 1.165) is 23.4 Å². The predicted octanol–water partition coefficient (Wildman–Crippen LogP) is 1.06. The first-order chi connectivity index (χ1) is 11.3. The van der Waals surface area contributed by atoms with Crippen LogP contribution in [0.1, 0.15) is 12.1 Å². The van der Waals surface area contributed by atoms with Gasteiger partial charge in [0, 0.05) is 24.1 Å². The molecule has 0 spiro atoms. The summed E-state index contributed by atoms with van der Waals surface area (Å²) in [5.41, 5.74) is 2.96. The van der Waals surface area contributed by atoms with Crippen LogP contribution < -0.4 is 5.32 Å². The summed E-state index contributed by atoms with van der Waals surface area (Å²) in [6, 6.07) is 2.03. The van der Waals surface area contributed by atoms with Gasteiger partial charge in [-0.15, -0.1) is 5.10 Å². The van der Waals surface area contributed by atoms with Crippen LogP contribution in [0, 0.1) is 5.92 Å². The number of hydrogen-bond acceptors (Lipinski definition) is 6. The van der Waals surface area contributed by atoms with Gasteiger partial charge < -0.3 is 14.8 Å². The minimum atomic E-state index is -0.0780. The number of thiophene rings is 1. The molecule has 0 saturated carbocycles. The van der Waals surface area contributed by atoms with Gasteiger partial charge in [0.1, 0.15) is 5.69 Å². The number of nitrogens with zero attached hydrogens (tertiary/aromatic N) is 3. The highest BCUT2D eigenvalue weighted by molar-refractivity contribution is 7.08. The molecule has 0 radical (unpaired) electrons. The third kappa shape index (κ3) is 3.01. The van der Waals surface area contributed by atoms with Crippen molar-refractivity contribution in [2.75, 3.05) is 19.8 Å². The van der Waals surface area contributed by atoms with Crippen LogP contribution in [0.2, 0.25) is 0 Å². The second kappa shape index (κ2) is 6.38. The molecule has 2 aliphatic heterocycles. The summed E-state index contributed by atoms with van der Waals surface area (Å²) in [5, 5.41) is 15.5. The number of rotatable bonds is 4. The average molecular weight is 334 g/mol. The van der Waals surface area contributed by atoms with Gasteiger partial charge in [0.15, 0.2) is 0 Å². The van der Waals surface area contributed by atoms with Crippen LogP contribution in [-0.4, -0.2) is 46.8 Å². The first kappa shape index (κ1) is 14.8. The topological polar surface area (TPSA) is 78.3 Å². The van der Waals surface area contributed by atoms with E-state index >= 15 is 0 Å². The van der Waals surface area contributed by atoms with Gasteiger partial charge in [-0.25, -0.2) is 4.68 Å². The van der Waals surface area contributed by atoms with Crippen molar-refractivity contribution >= 4 is 17.2 Å². The zero-order valence-electron chi connectivity index (χ0n) is 12.6. The smallest absolute Gasteiger partial charge is 0.225 e. The second-order valence-electron chi connectivity index (χ2n) is 5.82. The second-order valence-corrected chi connectivity index (χ2v) is 6.60. The maximum absolute atomic E-state index is 12.0. The highest BCUT2D eigenvalue weighted by Gasteiger charge is 2.27. The van der Waals surface area contributed by atoms with Gasteiger partial charge >= 0.3 is 0 Å². The fourth-order valence-electron chi connectivity index (χ4n) is 2.91. The van der Waals surface area contributed by atoms with Crippen molar-refractivity contribution < 1.29 is 14.3 Å². The van der Waals surface area contributed by atoms with Gasteiger partial charge in [0.25, 0.3) is 0 Å². The Labute approximate surface area is 137 Å². The fraction of sp³-hybridized carbons (Fsp3) is 0.533. The van der Waals surface area contributed by atoms with Crippen molar-refractivity contribution in [3.8, 4) is 11.3 Å². The Morgan fingerprint density at radius 1 is 1.52 bits per heavy atom. The van der Waals surface area contributed by atoms with E-state index in [4.69, 9.17) is 9.47 Å². The van der Waals surface area contributed by atoms with E-state index in [1.807, 2.05) is 16.1 Å². The third-order valence-corrected chi connectivity index (χ3v) is 4.95. The molecule has 23 heavy (non-hydrogen) atoms. The maximum Gasteiger partial charge on any atom is 0.225 e. The van der Waals surface area contributed by atoms with Gasteiger partial charge in [-0.1, -0.05) is 5.21 Å². The molecule has 2 unspecified atom stereocenters. The van der Waals surface area contributed by atoms with Crippen molar-refractivity contribution in [2.24, 2.45) is 5.92 Å². The number of amides is 1. The lowest BCUT2D eigenvalue weighted by atomic mass is 10.1. The number of nitrogens with one attached hydrogen (secondary N) is 1. The Morgan fingerprint density at radius 2 is 2.48 bits per heavy atom. The Hall–Kier alpha value is -1.77. The molecular formula is C15H18N4O3S. The lowest BCUT2D eigenvalue weighted by molar-refractivity contribution is -0.126. The molecule has 0 aliphatic carbocycles. The number of carbonyl (C=O) groups is 1. The molecular weight excluding hydrogens is 316 g/mol. The van der Waals surface area contributed by atoms with E-state index in [0.29, 0.717) is 32.9 Å². The van der Waals surface area contributed by atoms with Gasteiger partial charge in [0.05, 0.1) is 37.5 Å². The maximum atomic E-state index is 12.0. The number of aromatic nitrogens is 3. The molecule has 8 heteroatoms. The predicted molar refractivity (Wildman–Crippen MR) is 83.8 cm³/mol. The van der Waals surface area contributed by atoms with E-state index in [1.54, 1.807) is 11.3 Å². The summed E-state index contributed by atoms with van der Waals surface area (Å²) in [7, 11) is 0. The molecule has 4 rings (SSSR count). The van der Waals surface area contributed by atoms with Crippen LogP contribution in [0.4, 0.5) is 0 Å². The highest BCUT2D eigenvalue weighted by Crippen LogP contribution is 2.26. The van der Waals surface area contributed by atoms with Crippen LogP contribution in [0.5, 0.6) is 0 Å². The van der Waals surface area contributed by atoms with E-state index in [9.17, 15) is 4.79 Å². The molecule has 1 amide bonds. The van der Waals surface area contributed by atoms with Crippen molar-refractivity contribution in [1.29, 1.82) is 0 Å². The van der Waals surface area contributed by atoms with Crippen LogP contribution in [0.3, 0.4) is 0 Å². The van der Waals surface area contributed by atoms with Crippen molar-refractivity contribution in [2.45, 2.75) is 25.7 Å².